The maximum absolute atomic E-state index is 13.1. The van der Waals surface area contributed by atoms with Crippen LogP contribution in [-0.4, -0.2) is 74.1 Å². The number of carbonyl (C=O) groups is 1. The summed E-state index contributed by atoms with van der Waals surface area (Å²) >= 11 is 0. The maximum atomic E-state index is 13.1. The molecule has 27 heavy (non-hydrogen) atoms. The Labute approximate surface area is 158 Å². The van der Waals surface area contributed by atoms with Gasteiger partial charge in [-0.2, -0.15) is 0 Å². The summed E-state index contributed by atoms with van der Waals surface area (Å²) in [6.07, 6.45) is 3.17. The van der Waals surface area contributed by atoms with Crippen molar-refractivity contribution in [3.8, 4) is 0 Å². The van der Waals surface area contributed by atoms with Crippen LogP contribution in [0.15, 0.2) is 36.7 Å². The Kier molecular flexibility index (Phi) is 6.18. The van der Waals surface area contributed by atoms with Gasteiger partial charge in [-0.1, -0.05) is 0 Å². The molecule has 1 aromatic heterocycles. The van der Waals surface area contributed by atoms with Gasteiger partial charge in [0.2, 0.25) is 0 Å². The van der Waals surface area contributed by atoms with Crippen molar-refractivity contribution in [2.24, 2.45) is 0 Å². The monoisotopic (exact) mass is 372 g/mol. The van der Waals surface area contributed by atoms with Gasteiger partial charge >= 0.3 is 0 Å². The number of likely N-dealkylation sites (N-methyl/N-ethyl adjacent to an activating group) is 1. The SMILES string of the molecule is CN(C)CCNC(=O)c1cnc(N2CCN(c3ccc(F)cc3)CC2)cn1. The number of halogens is 1. The molecule has 7 nitrogen and oxygen atoms in total. The minimum Gasteiger partial charge on any atom is -0.368 e. The van der Waals surface area contributed by atoms with Crippen molar-refractivity contribution in [2.75, 3.05) is 63.2 Å². The minimum atomic E-state index is -0.224. The van der Waals surface area contributed by atoms with Crippen LogP contribution < -0.4 is 15.1 Å². The molecule has 0 bridgehead atoms. The average Bonchev–Trinajstić information content (AvgIpc) is 2.68. The third-order valence-corrected chi connectivity index (χ3v) is 4.51. The van der Waals surface area contributed by atoms with Gasteiger partial charge in [0, 0.05) is 45.0 Å². The van der Waals surface area contributed by atoms with Crippen LogP contribution in [-0.2, 0) is 0 Å². The lowest BCUT2D eigenvalue weighted by atomic mass is 10.2. The number of nitrogens with one attached hydrogen (secondary N) is 1. The predicted octanol–water partition coefficient (Wildman–Crippen LogP) is 1.23. The standard InChI is InChI=1S/C19H25FN6O/c1-24(2)8-7-21-19(27)17-13-23-18(14-22-17)26-11-9-25(10-12-26)16-5-3-15(20)4-6-16/h3-6,13-14H,7-12H2,1-2H3,(H,21,27). The fraction of sp³-hybridized carbons (Fsp3) is 0.421. The van der Waals surface area contributed by atoms with Crippen molar-refractivity contribution in [1.29, 1.82) is 0 Å². The first-order chi connectivity index (χ1) is 13.0. The van der Waals surface area contributed by atoms with Crippen molar-refractivity contribution in [2.45, 2.75) is 0 Å². The summed E-state index contributed by atoms with van der Waals surface area (Å²) in [5, 5.41) is 2.83. The summed E-state index contributed by atoms with van der Waals surface area (Å²) in [5.41, 5.74) is 1.34. The molecule has 1 aromatic carbocycles. The van der Waals surface area contributed by atoms with E-state index in [0.717, 1.165) is 44.2 Å². The van der Waals surface area contributed by atoms with Gasteiger partial charge in [-0.25, -0.2) is 14.4 Å². The van der Waals surface area contributed by atoms with E-state index in [2.05, 4.69) is 25.1 Å². The van der Waals surface area contributed by atoms with E-state index in [1.807, 2.05) is 19.0 Å². The zero-order chi connectivity index (χ0) is 19.2. The molecule has 0 radical (unpaired) electrons. The smallest absolute Gasteiger partial charge is 0.271 e. The van der Waals surface area contributed by atoms with Crippen LogP contribution >= 0.6 is 0 Å². The molecule has 1 saturated heterocycles. The molecule has 144 valence electrons. The number of hydrogen-bond donors (Lipinski definition) is 1. The number of rotatable bonds is 6. The highest BCUT2D eigenvalue weighted by atomic mass is 19.1. The van der Waals surface area contributed by atoms with Gasteiger partial charge in [-0.15, -0.1) is 0 Å². The van der Waals surface area contributed by atoms with Gasteiger partial charge in [-0.05, 0) is 38.4 Å². The second kappa shape index (κ2) is 8.77. The molecular weight excluding hydrogens is 347 g/mol. The van der Waals surface area contributed by atoms with E-state index in [4.69, 9.17) is 0 Å². The summed E-state index contributed by atoms with van der Waals surface area (Å²) in [4.78, 5) is 27.1. The Hall–Kier alpha value is -2.74. The molecule has 1 amide bonds. The normalized spacial score (nSPS) is 14.5. The van der Waals surface area contributed by atoms with E-state index >= 15 is 0 Å². The van der Waals surface area contributed by atoms with E-state index in [1.54, 1.807) is 18.3 Å². The number of carbonyl (C=O) groups excluding carboxylic acids is 1. The van der Waals surface area contributed by atoms with Gasteiger partial charge in [0.05, 0.1) is 12.4 Å². The molecular formula is C19H25FN6O. The molecule has 2 aromatic rings. The van der Waals surface area contributed by atoms with Gasteiger partial charge < -0.3 is 20.0 Å². The third kappa shape index (κ3) is 5.13. The third-order valence-electron chi connectivity index (χ3n) is 4.51. The molecule has 0 saturated carbocycles. The van der Waals surface area contributed by atoms with E-state index < -0.39 is 0 Å². The van der Waals surface area contributed by atoms with Crippen LogP contribution in [0, 0.1) is 5.82 Å². The number of anilines is 2. The van der Waals surface area contributed by atoms with Gasteiger partial charge in [0.1, 0.15) is 17.3 Å². The summed E-state index contributed by atoms with van der Waals surface area (Å²) in [6, 6.07) is 6.56. The molecule has 1 aliphatic rings. The molecule has 1 fully saturated rings. The molecule has 2 heterocycles. The highest BCUT2D eigenvalue weighted by molar-refractivity contribution is 5.92. The first-order valence-electron chi connectivity index (χ1n) is 9.03. The largest absolute Gasteiger partial charge is 0.368 e. The summed E-state index contributed by atoms with van der Waals surface area (Å²) in [5.74, 6) is 0.328. The van der Waals surface area contributed by atoms with Crippen LogP contribution in [0.25, 0.3) is 0 Å². The van der Waals surface area contributed by atoms with Gasteiger partial charge in [-0.3, -0.25) is 4.79 Å². The molecule has 0 atom stereocenters. The molecule has 1 aliphatic heterocycles. The molecule has 0 spiro atoms. The summed E-state index contributed by atoms with van der Waals surface area (Å²) in [7, 11) is 3.91. The van der Waals surface area contributed by atoms with Crippen LogP contribution in [0.3, 0.4) is 0 Å². The summed E-state index contributed by atoms with van der Waals surface area (Å²) in [6.45, 7) is 4.57. The Balaban J connectivity index is 1.52. The zero-order valence-electron chi connectivity index (χ0n) is 15.7. The lowest BCUT2D eigenvalue weighted by Crippen LogP contribution is -2.46. The van der Waals surface area contributed by atoms with Gasteiger partial charge in [0.15, 0.2) is 0 Å². The van der Waals surface area contributed by atoms with Gasteiger partial charge in [0.25, 0.3) is 5.91 Å². The number of piperazine rings is 1. The van der Waals surface area contributed by atoms with Crippen molar-refractivity contribution in [3.05, 3.63) is 48.2 Å². The number of nitrogens with zero attached hydrogens (tertiary/aromatic N) is 5. The Morgan fingerprint density at radius 1 is 1.07 bits per heavy atom. The second-order valence-corrected chi connectivity index (χ2v) is 6.77. The van der Waals surface area contributed by atoms with E-state index in [1.165, 1.54) is 18.3 Å². The Morgan fingerprint density at radius 3 is 2.33 bits per heavy atom. The second-order valence-electron chi connectivity index (χ2n) is 6.77. The number of amides is 1. The Morgan fingerprint density at radius 2 is 1.74 bits per heavy atom. The van der Waals surface area contributed by atoms with Crippen molar-refractivity contribution >= 4 is 17.4 Å². The van der Waals surface area contributed by atoms with E-state index in [-0.39, 0.29) is 11.7 Å². The molecule has 1 N–H and O–H groups in total. The van der Waals surface area contributed by atoms with Crippen LogP contribution in [0.4, 0.5) is 15.9 Å². The fourth-order valence-corrected chi connectivity index (χ4v) is 2.93. The number of hydrogen-bond acceptors (Lipinski definition) is 6. The topological polar surface area (TPSA) is 64.6 Å². The fourth-order valence-electron chi connectivity index (χ4n) is 2.93. The average molecular weight is 372 g/mol. The highest BCUT2D eigenvalue weighted by Crippen LogP contribution is 2.19. The molecule has 8 heteroatoms. The number of aromatic nitrogens is 2. The first-order valence-corrected chi connectivity index (χ1v) is 9.03. The minimum absolute atomic E-state index is 0.211. The van der Waals surface area contributed by atoms with Crippen molar-refractivity contribution < 1.29 is 9.18 Å². The zero-order valence-corrected chi connectivity index (χ0v) is 15.7. The molecule has 0 aliphatic carbocycles. The molecule has 3 rings (SSSR count). The van der Waals surface area contributed by atoms with E-state index in [9.17, 15) is 9.18 Å². The predicted molar refractivity (Wildman–Crippen MR) is 104 cm³/mol. The Bertz CT molecular complexity index is 742. The quantitative estimate of drug-likeness (QED) is 0.823. The lowest BCUT2D eigenvalue weighted by molar-refractivity contribution is 0.0945. The van der Waals surface area contributed by atoms with Crippen LogP contribution in [0.1, 0.15) is 10.5 Å². The van der Waals surface area contributed by atoms with Crippen molar-refractivity contribution in [3.63, 3.8) is 0 Å². The maximum Gasteiger partial charge on any atom is 0.271 e. The summed E-state index contributed by atoms with van der Waals surface area (Å²) < 4.78 is 13.1. The lowest BCUT2D eigenvalue weighted by Gasteiger charge is -2.36. The molecule has 0 unspecified atom stereocenters. The van der Waals surface area contributed by atoms with Crippen LogP contribution in [0.5, 0.6) is 0 Å². The van der Waals surface area contributed by atoms with Crippen LogP contribution in [0.2, 0.25) is 0 Å². The van der Waals surface area contributed by atoms with Crippen molar-refractivity contribution in [1.82, 2.24) is 20.2 Å². The van der Waals surface area contributed by atoms with E-state index in [0.29, 0.717) is 12.2 Å². The first kappa shape index (κ1) is 19.0. The highest BCUT2D eigenvalue weighted by Gasteiger charge is 2.19. The number of benzene rings is 1.